The van der Waals surface area contributed by atoms with Gasteiger partial charge < -0.3 is 4.57 Å². The van der Waals surface area contributed by atoms with Gasteiger partial charge in [0.25, 0.3) is 0 Å². The molecule has 9 aromatic carbocycles. The predicted octanol–water partition coefficient (Wildman–Crippen LogP) is 15.3. The van der Waals surface area contributed by atoms with Gasteiger partial charge in [-0.05, 0) is 87.9 Å². The van der Waals surface area contributed by atoms with Gasteiger partial charge in [-0.15, -0.1) is 11.3 Å². The van der Waals surface area contributed by atoms with Gasteiger partial charge in [-0.3, -0.25) is 0 Å². The van der Waals surface area contributed by atoms with Gasteiger partial charge in [0, 0.05) is 47.6 Å². The first-order valence-corrected chi connectivity index (χ1v) is 21.0. The Labute approximate surface area is 374 Å². The molecule has 12 aromatic rings. The topological polar surface area (TPSA) is 43.6 Å². The Hall–Kier alpha value is -7.99. The van der Waals surface area contributed by atoms with E-state index in [4.69, 9.17) is 20.4 Å². The van der Waals surface area contributed by atoms with Gasteiger partial charge in [0.2, 0.25) is 0 Å². The molecule has 0 spiro atoms. The molecule has 0 radical (unpaired) electrons. The van der Waals surface area contributed by atoms with Crippen LogP contribution in [-0.4, -0.2) is 19.5 Å². The molecule has 12 rings (SSSR count). The third-order valence-corrected chi connectivity index (χ3v) is 12.4. The molecule has 0 saturated carbocycles. The summed E-state index contributed by atoms with van der Waals surface area (Å²) in [6, 6.07) is 52.8. The lowest BCUT2D eigenvalue weighted by Crippen LogP contribution is -2.04. The van der Waals surface area contributed by atoms with Crippen molar-refractivity contribution in [2.45, 2.75) is 0 Å². The lowest BCUT2D eigenvalue weighted by molar-refractivity contribution is 1.07. The van der Waals surface area contributed by atoms with Crippen LogP contribution in [0.1, 0.15) is 11.0 Å². The molecule has 62 heavy (non-hydrogen) atoms. The second-order valence-electron chi connectivity index (χ2n) is 15.0. The average molecular weight is 817 g/mol. The van der Waals surface area contributed by atoms with Crippen LogP contribution in [0.15, 0.2) is 218 Å². The zero-order chi connectivity index (χ0) is 47.9. The lowest BCUT2D eigenvalue weighted by Gasteiger charge is -2.17. The van der Waals surface area contributed by atoms with Crippen molar-refractivity contribution < 1.29 is 11.0 Å². The molecule has 290 valence electrons. The fraction of sp³-hybridized carbons (Fsp3) is 0. The highest BCUT2D eigenvalue weighted by Crippen LogP contribution is 2.41. The first-order chi connectivity index (χ1) is 34.0. The summed E-state index contributed by atoms with van der Waals surface area (Å²) in [7, 11) is 0. The van der Waals surface area contributed by atoms with Crippen molar-refractivity contribution in [2.24, 2.45) is 0 Å². The van der Waals surface area contributed by atoms with Crippen LogP contribution >= 0.6 is 11.3 Å². The minimum atomic E-state index is -0.516. The molecule has 0 aliphatic heterocycles. The van der Waals surface area contributed by atoms with Crippen LogP contribution in [0.3, 0.4) is 0 Å². The maximum atomic E-state index is 9.39. The standard InChI is InChI=1S/C57H36N4S/c1-4-16-37(17-5-1)42-32-43(38-18-6-2-7-19-38)34-44(33-42)40-29-31-52(61-50-25-13-10-22-45(50)46-23-11-14-26-51(46)61)49(35-40)57-59-55(39-20-8-3-9-21-39)58-56(60-57)41-28-30-48-47-24-12-15-27-53(47)62-54(48)36-41/h1-36H/i10D,11D,13D,14D,22D,23D,25D,26D. The van der Waals surface area contributed by atoms with Crippen LogP contribution in [0.25, 0.3) is 115 Å². The summed E-state index contributed by atoms with van der Waals surface area (Å²) >= 11 is 1.68. The zero-order valence-corrected chi connectivity index (χ0v) is 33.7. The van der Waals surface area contributed by atoms with Gasteiger partial charge in [-0.25, -0.2) is 15.0 Å². The Morgan fingerprint density at radius 2 is 0.855 bits per heavy atom. The highest BCUT2D eigenvalue weighted by Gasteiger charge is 2.21. The van der Waals surface area contributed by atoms with Gasteiger partial charge >= 0.3 is 0 Å². The van der Waals surface area contributed by atoms with Gasteiger partial charge in [0.15, 0.2) is 17.5 Å². The van der Waals surface area contributed by atoms with E-state index in [9.17, 15) is 5.48 Å². The molecule has 0 unspecified atom stereocenters. The van der Waals surface area contributed by atoms with Gasteiger partial charge in [0.05, 0.1) is 27.7 Å². The highest BCUT2D eigenvalue weighted by molar-refractivity contribution is 7.25. The number of benzene rings is 9. The number of hydrogen-bond donors (Lipinski definition) is 0. The van der Waals surface area contributed by atoms with Crippen molar-refractivity contribution in [1.82, 2.24) is 19.5 Å². The van der Waals surface area contributed by atoms with E-state index < -0.39 is 48.3 Å². The van der Waals surface area contributed by atoms with Gasteiger partial charge in [-0.2, -0.15) is 0 Å². The second-order valence-corrected chi connectivity index (χ2v) is 16.1. The largest absolute Gasteiger partial charge is 0.309 e. The number of nitrogens with zero attached hydrogens (tertiary/aromatic N) is 4. The molecular formula is C57H36N4S. The minimum Gasteiger partial charge on any atom is -0.309 e. The van der Waals surface area contributed by atoms with Crippen LogP contribution in [-0.2, 0) is 0 Å². The van der Waals surface area contributed by atoms with Crippen LogP contribution in [0.4, 0.5) is 0 Å². The summed E-state index contributed by atoms with van der Waals surface area (Å²) < 4.78 is 76.0. The Morgan fingerprint density at radius 3 is 1.50 bits per heavy atom. The summed E-state index contributed by atoms with van der Waals surface area (Å²) in [5.74, 6) is 1.01. The summed E-state index contributed by atoms with van der Waals surface area (Å²) in [5, 5.41) is 2.23. The van der Waals surface area contributed by atoms with E-state index in [0.717, 1.165) is 64.7 Å². The Bertz CT molecular complexity index is 3970. The van der Waals surface area contributed by atoms with Crippen LogP contribution in [0.2, 0.25) is 0 Å². The molecule has 0 amide bonds. The number of rotatable bonds is 7. The SMILES string of the molecule is [2H]c1c([2H])c([2H])c2c(c1[2H])c1c([2H])c([2H])c([2H])c([2H])c1n2-c1ccc(-c2cc(-c3ccccc3)cc(-c3ccccc3)c2)cc1-c1nc(-c2ccccc2)nc(-c2ccc3c(c2)sc2ccccc23)n1. The number of para-hydroxylation sites is 2. The monoisotopic (exact) mass is 816 g/mol. The van der Waals surface area contributed by atoms with E-state index in [2.05, 4.69) is 66.7 Å². The minimum absolute atomic E-state index is 0.00721. The van der Waals surface area contributed by atoms with Crippen molar-refractivity contribution in [3.8, 4) is 73.2 Å². The van der Waals surface area contributed by atoms with Crippen molar-refractivity contribution in [3.63, 3.8) is 0 Å². The first kappa shape index (κ1) is 28.5. The first-order valence-electron chi connectivity index (χ1n) is 24.2. The molecule has 3 heterocycles. The number of thiophene rings is 1. The summed E-state index contributed by atoms with van der Waals surface area (Å²) in [6.07, 6.45) is 0. The number of aromatic nitrogens is 4. The summed E-state index contributed by atoms with van der Waals surface area (Å²) in [6.45, 7) is 0. The molecule has 0 aliphatic rings. The quantitative estimate of drug-likeness (QED) is 0.161. The molecule has 0 saturated heterocycles. The molecule has 3 aromatic heterocycles. The molecule has 0 N–H and O–H groups in total. The van der Waals surface area contributed by atoms with Crippen molar-refractivity contribution in [3.05, 3.63) is 218 Å². The Morgan fingerprint density at radius 1 is 0.355 bits per heavy atom. The van der Waals surface area contributed by atoms with Crippen LogP contribution in [0, 0.1) is 0 Å². The smallest absolute Gasteiger partial charge is 0.166 e. The molecule has 0 fully saturated rings. The lowest BCUT2D eigenvalue weighted by atomic mass is 9.92. The van der Waals surface area contributed by atoms with E-state index in [0.29, 0.717) is 22.9 Å². The van der Waals surface area contributed by atoms with Gasteiger partial charge in [-0.1, -0.05) is 164 Å². The fourth-order valence-corrected chi connectivity index (χ4v) is 9.49. The Kier molecular flexibility index (Phi) is 6.86. The molecule has 0 bridgehead atoms. The van der Waals surface area contributed by atoms with E-state index in [-0.39, 0.29) is 27.6 Å². The molecule has 0 aliphatic carbocycles. The van der Waals surface area contributed by atoms with Crippen molar-refractivity contribution in [2.75, 3.05) is 0 Å². The van der Waals surface area contributed by atoms with E-state index in [1.165, 1.54) is 4.57 Å². The van der Waals surface area contributed by atoms with Crippen molar-refractivity contribution >= 4 is 53.3 Å². The molecule has 4 nitrogen and oxygen atoms in total. The maximum Gasteiger partial charge on any atom is 0.166 e. The average Bonchev–Trinajstić information content (AvgIpc) is 3.97. The second kappa shape index (κ2) is 14.9. The van der Waals surface area contributed by atoms with Crippen molar-refractivity contribution in [1.29, 1.82) is 0 Å². The van der Waals surface area contributed by atoms with E-state index in [1.807, 2.05) is 103 Å². The fourth-order valence-electron chi connectivity index (χ4n) is 8.35. The van der Waals surface area contributed by atoms with Gasteiger partial charge in [0.1, 0.15) is 0 Å². The molecular weight excluding hydrogens is 773 g/mol. The molecule has 0 atom stereocenters. The normalized spacial score (nSPS) is 13.4. The highest BCUT2D eigenvalue weighted by atomic mass is 32.1. The summed E-state index contributed by atoms with van der Waals surface area (Å²) in [5.41, 5.74) is 7.89. The third-order valence-electron chi connectivity index (χ3n) is 11.3. The number of hydrogen-bond acceptors (Lipinski definition) is 4. The Balaban J connectivity index is 1.20. The van der Waals surface area contributed by atoms with Crippen LogP contribution in [0.5, 0.6) is 0 Å². The maximum absolute atomic E-state index is 9.39. The third kappa shape index (κ3) is 6.26. The zero-order valence-electron chi connectivity index (χ0n) is 40.9. The molecule has 5 heteroatoms. The van der Waals surface area contributed by atoms with Crippen LogP contribution < -0.4 is 0 Å². The predicted molar refractivity (Wildman–Crippen MR) is 260 cm³/mol. The van der Waals surface area contributed by atoms with E-state index in [1.54, 1.807) is 11.3 Å². The van der Waals surface area contributed by atoms with E-state index >= 15 is 0 Å². The summed E-state index contributed by atoms with van der Waals surface area (Å²) in [4.78, 5) is 15.6. The number of fused-ring (bicyclic) bond motifs is 6.